The molecule has 0 saturated heterocycles. The summed E-state index contributed by atoms with van der Waals surface area (Å²) in [6, 6.07) is 5.69. The molecule has 0 radical (unpaired) electrons. The van der Waals surface area contributed by atoms with Gasteiger partial charge in [0.15, 0.2) is 11.5 Å². The van der Waals surface area contributed by atoms with Crippen LogP contribution in [0.5, 0.6) is 11.5 Å². The van der Waals surface area contributed by atoms with Crippen molar-refractivity contribution in [3.63, 3.8) is 0 Å². The van der Waals surface area contributed by atoms with Gasteiger partial charge in [-0.1, -0.05) is 61.4 Å². The average molecular weight is 434 g/mol. The third kappa shape index (κ3) is 6.49. The highest BCUT2D eigenvalue weighted by Gasteiger charge is 2.26. The molecule has 1 N–H and O–H groups in total. The minimum Gasteiger partial charge on any atom is -0.454 e. The number of allylic oxidation sites excluding steroid dienone is 9. The summed E-state index contributed by atoms with van der Waals surface area (Å²) in [6.07, 6.45) is 15.8. The standard InChI is InChI=1S/C28H35NO3/c1-20(11-13-24-22(3)10-7-15-28(24,4)5)8-6-9-21(2)16-27(30)29-18-23-12-14-25-26(17-23)32-19-31-25/h6,8-9,11-14,16-17H,7,10,15,18-19H2,1-5H3,(H,29,30)/b9-6+,13-11+,20-8+,21-16+. The Morgan fingerprint density at radius 1 is 1.12 bits per heavy atom. The maximum atomic E-state index is 12.2. The molecule has 4 heteroatoms. The molecule has 1 aromatic rings. The Balaban J connectivity index is 1.51. The van der Waals surface area contributed by atoms with E-state index in [0.717, 1.165) is 22.6 Å². The summed E-state index contributed by atoms with van der Waals surface area (Å²) in [4.78, 5) is 12.2. The van der Waals surface area contributed by atoms with Gasteiger partial charge >= 0.3 is 0 Å². The molecule has 170 valence electrons. The number of fused-ring (bicyclic) bond motifs is 1. The summed E-state index contributed by atoms with van der Waals surface area (Å²) in [5.74, 6) is 1.35. The Kier molecular flexibility index (Phi) is 7.79. The second-order valence-corrected chi connectivity index (χ2v) is 9.33. The molecule has 0 aromatic heterocycles. The van der Waals surface area contributed by atoms with Crippen molar-refractivity contribution in [2.45, 2.75) is 60.4 Å². The largest absolute Gasteiger partial charge is 0.454 e. The van der Waals surface area contributed by atoms with Gasteiger partial charge in [0.1, 0.15) is 0 Å². The summed E-state index contributed by atoms with van der Waals surface area (Å²) in [6.45, 7) is 11.6. The smallest absolute Gasteiger partial charge is 0.244 e. The van der Waals surface area contributed by atoms with Crippen LogP contribution in [0.15, 0.2) is 76.9 Å². The van der Waals surface area contributed by atoms with Crippen molar-refractivity contribution >= 4 is 5.91 Å². The SMILES string of the molecule is CC1=C(/C=C/C(C)=C/C=C/C(C)=C/C(=O)NCc2ccc3c(c2)OCO3)C(C)(C)CCC1. The fourth-order valence-corrected chi connectivity index (χ4v) is 4.18. The van der Waals surface area contributed by atoms with Crippen molar-refractivity contribution in [3.8, 4) is 11.5 Å². The van der Waals surface area contributed by atoms with Crippen molar-refractivity contribution in [2.75, 3.05) is 6.79 Å². The lowest BCUT2D eigenvalue weighted by Gasteiger charge is -2.32. The number of hydrogen-bond donors (Lipinski definition) is 1. The molecule has 0 atom stereocenters. The van der Waals surface area contributed by atoms with E-state index < -0.39 is 0 Å². The molecule has 0 unspecified atom stereocenters. The van der Waals surface area contributed by atoms with Gasteiger partial charge in [-0.2, -0.15) is 0 Å². The summed E-state index contributed by atoms with van der Waals surface area (Å²) < 4.78 is 10.7. The van der Waals surface area contributed by atoms with E-state index >= 15 is 0 Å². The van der Waals surface area contributed by atoms with Crippen LogP contribution in [0.25, 0.3) is 0 Å². The lowest BCUT2D eigenvalue weighted by molar-refractivity contribution is -0.116. The summed E-state index contributed by atoms with van der Waals surface area (Å²) in [7, 11) is 0. The van der Waals surface area contributed by atoms with Crippen LogP contribution in [0, 0.1) is 5.41 Å². The van der Waals surface area contributed by atoms with Crippen molar-refractivity contribution in [1.29, 1.82) is 0 Å². The number of hydrogen-bond acceptors (Lipinski definition) is 3. The van der Waals surface area contributed by atoms with Crippen molar-refractivity contribution in [1.82, 2.24) is 5.32 Å². The Hall–Kier alpha value is -3.01. The van der Waals surface area contributed by atoms with Gasteiger partial charge in [-0.25, -0.2) is 0 Å². The summed E-state index contributed by atoms with van der Waals surface area (Å²) >= 11 is 0. The molecule has 1 aliphatic heterocycles. The monoisotopic (exact) mass is 433 g/mol. The molecule has 1 aromatic carbocycles. The lowest BCUT2D eigenvalue weighted by atomic mass is 9.72. The van der Waals surface area contributed by atoms with Crippen LogP contribution in [0.1, 0.15) is 59.4 Å². The maximum Gasteiger partial charge on any atom is 0.244 e. The Morgan fingerprint density at radius 2 is 1.91 bits per heavy atom. The zero-order chi connectivity index (χ0) is 23.1. The Labute approximate surface area is 192 Å². The van der Waals surface area contributed by atoms with Crippen LogP contribution in [-0.4, -0.2) is 12.7 Å². The highest BCUT2D eigenvalue weighted by atomic mass is 16.7. The molecule has 2 aliphatic rings. The van der Waals surface area contributed by atoms with Crippen LogP contribution in [0.2, 0.25) is 0 Å². The Bertz CT molecular complexity index is 1010. The number of nitrogens with one attached hydrogen (secondary N) is 1. The molecule has 1 heterocycles. The number of ether oxygens (including phenoxy) is 2. The quantitative estimate of drug-likeness (QED) is 0.391. The molecule has 1 amide bonds. The number of rotatable bonds is 7. The molecular weight excluding hydrogens is 398 g/mol. The summed E-state index contributed by atoms with van der Waals surface area (Å²) in [5.41, 5.74) is 6.28. The first-order valence-corrected chi connectivity index (χ1v) is 11.3. The third-order valence-electron chi connectivity index (χ3n) is 6.04. The van der Waals surface area contributed by atoms with Gasteiger partial charge in [0.05, 0.1) is 0 Å². The van der Waals surface area contributed by atoms with Gasteiger partial charge in [0.25, 0.3) is 0 Å². The van der Waals surface area contributed by atoms with Gasteiger partial charge in [-0.3, -0.25) is 4.79 Å². The van der Waals surface area contributed by atoms with Crippen LogP contribution < -0.4 is 14.8 Å². The average Bonchev–Trinajstić information content (AvgIpc) is 3.19. The van der Waals surface area contributed by atoms with Crippen molar-refractivity contribution in [2.24, 2.45) is 5.41 Å². The number of carbonyl (C=O) groups is 1. The minimum atomic E-state index is -0.118. The first-order chi connectivity index (χ1) is 15.2. The van der Waals surface area contributed by atoms with Crippen LogP contribution in [0.4, 0.5) is 0 Å². The number of benzene rings is 1. The fraction of sp³-hybridized carbons (Fsp3) is 0.393. The van der Waals surface area contributed by atoms with Gasteiger partial charge in [0, 0.05) is 12.6 Å². The predicted octanol–water partition coefficient (Wildman–Crippen LogP) is 6.56. The molecule has 0 spiro atoms. The number of carbonyl (C=O) groups excluding carboxylic acids is 1. The van der Waals surface area contributed by atoms with Crippen molar-refractivity contribution in [3.05, 3.63) is 82.5 Å². The normalized spacial score (nSPS) is 18.7. The molecule has 32 heavy (non-hydrogen) atoms. The van der Waals surface area contributed by atoms with E-state index in [1.165, 1.54) is 36.0 Å². The molecule has 0 bridgehead atoms. The van der Waals surface area contributed by atoms with Gasteiger partial charge in [-0.15, -0.1) is 0 Å². The second-order valence-electron chi connectivity index (χ2n) is 9.33. The molecule has 0 saturated carbocycles. The molecule has 3 rings (SSSR count). The lowest BCUT2D eigenvalue weighted by Crippen LogP contribution is -2.20. The third-order valence-corrected chi connectivity index (χ3v) is 6.04. The minimum absolute atomic E-state index is 0.118. The van der Waals surface area contributed by atoms with E-state index in [9.17, 15) is 4.79 Å². The first-order valence-electron chi connectivity index (χ1n) is 11.3. The van der Waals surface area contributed by atoms with E-state index in [1.54, 1.807) is 6.08 Å². The van der Waals surface area contributed by atoms with E-state index in [0.29, 0.717) is 6.54 Å². The molecule has 0 fully saturated rings. The van der Waals surface area contributed by atoms with E-state index in [-0.39, 0.29) is 18.1 Å². The number of amides is 1. The van der Waals surface area contributed by atoms with E-state index in [2.05, 4.69) is 51.2 Å². The van der Waals surface area contributed by atoms with Crippen LogP contribution in [0.3, 0.4) is 0 Å². The highest BCUT2D eigenvalue weighted by Crippen LogP contribution is 2.40. The van der Waals surface area contributed by atoms with Crippen molar-refractivity contribution < 1.29 is 14.3 Å². The highest BCUT2D eigenvalue weighted by molar-refractivity contribution is 5.88. The summed E-state index contributed by atoms with van der Waals surface area (Å²) in [5, 5.41) is 2.91. The Morgan fingerprint density at radius 3 is 2.69 bits per heavy atom. The predicted molar refractivity (Wildman–Crippen MR) is 131 cm³/mol. The van der Waals surface area contributed by atoms with Crippen LogP contribution >= 0.6 is 0 Å². The topological polar surface area (TPSA) is 47.6 Å². The maximum absolute atomic E-state index is 12.2. The van der Waals surface area contributed by atoms with Gasteiger partial charge in [0.2, 0.25) is 12.7 Å². The molecule has 1 aliphatic carbocycles. The van der Waals surface area contributed by atoms with E-state index in [1.807, 2.05) is 37.3 Å². The molecule has 4 nitrogen and oxygen atoms in total. The first kappa shape index (κ1) is 23.6. The van der Waals surface area contributed by atoms with Gasteiger partial charge < -0.3 is 14.8 Å². The second kappa shape index (κ2) is 10.5. The zero-order valence-corrected chi connectivity index (χ0v) is 20.0. The fourth-order valence-electron chi connectivity index (χ4n) is 4.18. The van der Waals surface area contributed by atoms with Gasteiger partial charge in [-0.05, 0) is 74.3 Å². The molecular formula is C28H35NO3. The zero-order valence-electron chi connectivity index (χ0n) is 20.0. The van der Waals surface area contributed by atoms with Crippen LogP contribution in [-0.2, 0) is 11.3 Å². The van der Waals surface area contributed by atoms with E-state index in [4.69, 9.17) is 9.47 Å².